The molecule has 0 spiro atoms. The van der Waals surface area contributed by atoms with Crippen LogP contribution in [0.15, 0.2) is 0 Å². The molecule has 1 aromatic rings. The average Bonchev–Trinajstić information content (AvgIpc) is 2.76. The summed E-state index contributed by atoms with van der Waals surface area (Å²) in [5.41, 5.74) is 4.23. The lowest BCUT2D eigenvalue weighted by atomic mass is 9.96. The van der Waals surface area contributed by atoms with Crippen molar-refractivity contribution in [1.82, 2.24) is 20.8 Å². The molecular formula is C15H28N4. The van der Waals surface area contributed by atoms with E-state index in [0.29, 0.717) is 6.04 Å². The molecule has 1 heterocycles. The van der Waals surface area contributed by atoms with Gasteiger partial charge in [0.25, 0.3) is 0 Å². The van der Waals surface area contributed by atoms with Gasteiger partial charge >= 0.3 is 0 Å². The van der Waals surface area contributed by atoms with Crippen molar-refractivity contribution >= 4 is 0 Å². The third-order valence-corrected chi connectivity index (χ3v) is 3.70. The number of rotatable bonds is 5. The predicted octanol–water partition coefficient (Wildman–Crippen LogP) is 2.15. The number of aryl methyl sites for hydroxylation is 1. The maximum atomic E-state index is 4.47. The lowest BCUT2D eigenvalue weighted by Crippen LogP contribution is -2.44. The quantitative estimate of drug-likeness (QED) is 0.764. The topological polar surface area (TPSA) is 52.7 Å². The Balaban J connectivity index is 1.80. The molecule has 1 unspecified atom stereocenters. The van der Waals surface area contributed by atoms with E-state index in [9.17, 15) is 0 Å². The maximum absolute atomic E-state index is 4.47. The Hall–Kier alpha value is -0.870. The number of fused-ring (bicyclic) bond motifs is 1. The Morgan fingerprint density at radius 3 is 2.74 bits per heavy atom. The van der Waals surface area contributed by atoms with Gasteiger partial charge in [0.15, 0.2) is 0 Å². The van der Waals surface area contributed by atoms with E-state index in [4.69, 9.17) is 0 Å². The summed E-state index contributed by atoms with van der Waals surface area (Å²) < 4.78 is 0. The van der Waals surface area contributed by atoms with Crippen LogP contribution in [0.25, 0.3) is 0 Å². The van der Waals surface area contributed by atoms with Crippen LogP contribution < -0.4 is 10.6 Å². The Bertz CT molecular complexity index is 403. The minimum Gasteiger partial charge on any atom is -0.311 e. The summed E-state index contributed by atoms with van der Waals surface area (Å²) in [6, 6.07) is 0.454. The monoisotopic (exact) mass is 264 g/mol. The highest BCUT2D eigenvalue weighted by Crippen LogP contribution is 2.21. The molecule has 2 rings (SSSR count). The van der Waals surface area contributed by atoms with Crippen LogP contribution in [0.4, 0.5) is 0 Å². The van der Waals surface area contributed by atoms with E-state index < -0.39 is 0 Å². The van der Waals surface area contributed by atoms with Gasteiger partial charge in [-0.3, -0.25) is 5.10 Å². The van der Waals surface area contributed by atoms with E-state index >= 15 is 0 Å². The SMILES string of the molecule is CC(CNC(C)(C)C)NCc1n[nH]c2c1CCCC2. The highest BCUT2D eigenvalue weighted by atomic mass is 15.1. The minimum absolute atomic E-state index is 0.182. The summed E-state index contributed by atoms with van der Waals surface area (Å²) in [5.74, 6) is 0. The lowest BCUT2D eigenvalue weighted by Gasteiger charge is -2.24. The first-order valence-corrected chi connectivity index (χ1v) is 7.49. The largest absolute Gasteiger partial charge is 0.311 e. The molecule has 3 N–H and O–H groups in total. The molecule has 0 fully saturated rings. The summed E-state index contributed by atoms with van der Waals surface area (Å²) in [4.78, 5) is 0. The number of nitrogens with one attached hydrogen (secondary N) is 3. The molecule has 0 aliphatic heterocycles. The van der Waals surface area contributed by atoms with Crippen LogP contribution in [-0.4, -0.2) is 28.3 Å². The third kappa shape index (κ3) is 4.32. The summed E-state index contributed by atoms with van der Waals surface area (Å²) >= 11 is 0. The number of H-pyrrole nitrogens is 1. The molecular weight excluding hydrogens is 236 g/mol. The van der Waals surface area contributed by atoms with Crippen molar-refractivity contribution in [1.29, 1.82) is 0 Å². The molecule has 0 saturated heterocycles. The van der Waals surface area contributed by atoms with Crippen molar-refractivity contribution in [3.63, 3.8) is 0 Å². The predicted molar refractivity (Wildman–Crippen MR) is 79.3 cm³/mol. The van der Waals surface area contributed by atoms with Crippen LogP contribution in [0, 0.1) is 0 Å². The number of hydrogen-bond donors (Lipinski definition) is 3. The molecule has 1 aliphatic carbocycles. The highest BCUT2D eigenvalue weighted by molar-refractivity contribution is 5.27. The minimum atomic E-state index is 0.182. The second-order valence-corrected chi connectivity index (χ2v) is 6.75. The Morgan fingerprint density at radius 1 is 1.26 bits per heavy atom. The number of aromatic nitrogens is 2. The summed E-state index contributed by atoms with van der Waals surface area (Å²) in [7, 11) is 0. The number of nitrogens with zero attached hydrogens (tertiary/aromatic N) is 1. The van der Waals surface area contributed by atoms with Gasteiger partial charge in [-0.25, -0.2) is 0 Å². The van der Waals surface area contributed by atoms with Crippen LogP contribution in [0.3, 0.4) is 0 Å². The van der Waals surface area contributed by atoms with Gasteiger partial charge in [0.2, 0.25) is 0 Å². The second-order valence-electron chi connectivity index (χ2n) is 6.75. The van der Waals surface area contributed by atoms with Gasteiger partial charge in [0.1, 0.15) is 0 Å². The summed E-state index contributed by atoms with van der Waals surface area (Å²) in [5, 5.41) is 14.8. The molecule has 0 saturated carbocycles. The van der Waals surface area contributed by atoms with E-state index in [0.717, 1.165) is 13.1 Å². The van der Waals surface area contributed by atoms with Crippen molar-refractivity contribution in [3.05, 3.63) is 17.0 Å². The van der Waals surface area contributed by atoms with Crippen molar-refractivity contribution < 1.29 is 0 Å². The Labute approximate surface area is 116 Å². The molecule has 1 aliphatic rings. The number of hydrogen-bond acceptors (Lipinski definition) is 3. The zero-order valence-corrected chi connectivity index (χ0v) is 12.8. The first-order valence-electron chi connectivity index (χ1n) is 7.49. The van der Waals surface area contributed by atoms with Crippen molar-refractivity contribution in [2.45, 2.75) is 71.5 Å². The fourth-order valence-corrected chi connectivity index (χ4v) is 2.50. The number of aromatic amines is 1. The standard InChI is InChI=1S/C15H28N4/c1-11(9-17-15(2,3)4)16-10-14-12-7-5-6-8-13(12)18-19-14/h11,16-17H,5-10H2,1-4H3,(H,18,19). The molecule has 1 aromatic heterocycles. The van der Waals surface area contributed by atoms with Gasteiger partial charge in [0, 0.05) is 30.4 Å². The highest BCUT2D eigenvalue weighted by Gasteiger charge is 2.17. The molecule has 0 amide bonds. The van der Waals surface area contributed by atoms with Crippen molar-refractivity contribution in [3.8, 4) is 0 Å². The lowest BCUT2D eigenvalue weighted by molar-refractivity contribution is 0.386. The fraction of sp³-hybridized carbons (Fsp3) is 0.800. The molecule has 0 aromatic carbocycles. The molecule has 108 valence electrons. The molecule has 4 heteroatoms. The zero-order chi connectivity index (χ0) is 13.9. The van der Waals surface area contributed by atoms with Gasteiger partial charge < -0.3 is 10.6 Å². The zero-order valence-electron chi connectivity index (χ0n) is 12.8. The molecule has 19 heavy (non-hydrogen) atoms. The molecule has 1 atom stereocenters. The fourth-order valence-electron chi connectivity index (χ4n) is 2.50. The smallest absolute Gasteiger partial charge is 0.0794 e. The maximum Gasteiger partial charge on any atom is 0.0794 e. The normalized spacial score (nSPS) is 17.3. The van der Waals surface area contributed by atoms with Gasteiger partial charge in [-0.15, -0.1) is 0 Å². The van der Waals surface area contributed by atoms with E-state index in [2.05, 4.69) is 48.5 Å². The van der Waals surface area contributed by atoms with E-state index in [1.165, 1.54) is 42.6 Å². The Kier molecular flexibility index (Phi) is 4.63. The van der Waals surface area contributed by atoms with E-state index in [1.54, 1.807) is 0 Å². The van der Waals surface area contributed by atoms with Crippen LogP contribution >= 0.6 is 0 Å². The average molecular weight is 264 g/mol. The van der Waals surface area contributed by atoms with Gasteiger partial charge in [0.05, 0.1) is 5.69 Å². The molecule has 0 radical (unpaired) electrons. The second kappa shape index (κ2) is 6.06. The van der Waals surface area contributed by atoms with Crippen molar-refractivity contribution in [2.75, 3.05) is 6.54 Å². The van der Waals surface area contributed by atoms with Crippen molar-refractivity contribution in [2.24, 2.45) is 0 Å². The molecule has 0 bridgehead atoms. The van der Waals surface area contributed by atoms with Gasteiger partial charge in [-0.1, -0.05) is 0 Å². The van der Waals surface area contributed by atoms with E-state index in [-0.39, 0.29) is 5.54 Å². The molecule has 4 nitrogen and oxygen atoms in total. The van der Waals surface area contributed by atoms with Gasteiger partial charge in [-0.2, -0.15) is 5.10 Å². The first-order chi connectivity index (χ1) is 8.96. The summed E-state index contributed by atoms with van der Waals surface area (Å²) in [6.07, 6.45) is 4.97. The van der Waals surface area contributed by atoms with E-state index in [1.807, 2.05) is 0 Å². The van der Waals surface area contributed by atoms with Crippen LogP contribution in [0.2, 0.25) is 0 Å². The third-order valence-electron chi connectivity index (χ3n) is 3.70. The van der Waals surface area contributed by atoms with Crippen LogP contribution in [0.5, 0.6) is 0 Å². The summed E-state index contributed by atoms with van der Waals surface area (Å²) in [6.45, 7) is 10.7. The first kappa shape index (κ1) is 14.5. The van der Waals surface area contributed by atoms with Gasteiger partial charge in [-0.05, 0) is 58.9 Å². The van der Waals surface area contributed by atoms with Crippen LogP contribution in [0.1, 0.15) is 57.5 Å². The Morgan fingerprint density at radius 2 is 2.00 bits per heavy atom. The van der Waals surface area contributed by atoms with Crippen LogP contribution in [-0.2, 0) is 19.4 Å².